The van der Waals surface area contributed by atoms with Gasteiger partial charge in [0, 0.05) is 21.1 Å². The first-order chi connectivity index (χ1) is 10.8. The maximum absolute atomic E-state index is 12.5. The van der Waals surface area contributed by atoms with Crippen LogP contribution in [0.15, 0.2) is 18.2 Å². The van der Waals surface area contributed by atoms with Crippen LogP contribution in [0.5, 0.6) is 0 Å². The van der Waals surface area contributed by atoms with Crippen LogP contribution in [0.25, 0.3) is 0 Å². The van der Waals surface area contributed by atoms with Gasteiger partial charge in [-0.2, -0.15) is 0 Å². The zero-order chi connectivity index (χ0) is 17.1. The number of benzene rings is 1. The minimum atomic E-state index is -0.286. The van der Waals surface area contributed by atoms with Crippen molar-refractivity contribution in [2.45, 2.75) is 19.4 Å². The molecule has 0 radical (unpaired) electrons. The van der Waals surface area contributed by atoms with Crippen LogP contribution < -0.4 is 10.2 Å². The molecule has 1 amide bonds. The molecule has 2 aromatic rings. The predicted octanol–water partition coefficient (Wildman–Crippen LogP) is 3.07. The number of halogens is 2. The number of hydrogen-bond acceptors (Lipinski definition) is 4. The summed E-state index contributed by atoms with van der Waals surface area (Å²) in [6.07, 6.45) is 0.710. The van der Waals surface area contributed by atoms with Gasteiger partial charge < -0.3 is 10.2 Å². The van der Waals surface area contributed by atoms with Gasteiger partial charge in [0.1, 0.15) is 0 Å². The lowest BCUT2D eigenvalue weighted by atomic mass is 10.0. The highest BCUT2D eigenvalue weighted by Crippen LogP contribution is 2.27. The van der Waals surface area contributed by atoms with Crippen LogP contribution in [-0.4, -0.2) is 34.8 Å². The quantitative estimate of drug-likeness (QED) is 0.894. The van der Waals surface area contributed by atoms with Crippen molar-refractivity contribution < 1.29 is 4.79 Å². The third kappa shape index (κ3) is 3.76. The molecule has 6 nitrogen and oxygen atoms in total. The van der Waals surface area contributed by atoms with Crippen LogP contribution in [-0.2, 0) is 7.05 Å². The van der Waals surface area contributed by atoms with E-state index in [2.05, 4.69) is 15.5 Å². The van der Waals surface area contributed by atoms with Gasteiger partial charge in [0.05, 0.1) is 16.1 Å². The van der Waals surface area contributed by atoms with Gasteiger partial charge in [0.15, 0.2) is 0 Å². The van der Waals surface area contributed by atoms with E-state index in [9.17, 15) is 4.79 Å². The maximum atomic E-state index is 12.5. The molecule has 0 spiro atoms. The Labute approximate surface area is 145 Å². The summed E-state index contributed by atoms with van der Waals surface area (Å²) in [6.45, 7) is 1.98. The molecule has 1 unspecified atom stereocenters. The first kappa shape index (κ1) is 17.6. The molecular formula is C15H19Cl2N5O. The number of anilines is 1. The third-order valence-electron chi connectivity index (χ3n) is 3.51. The second-order valence-electron chi connectivity index (χ2n) is 5.38. The smallest absolute Gasteiger partial charge is 0.289 e. The lowest BCUT2D eigenvalue weighted by molar-refractivity contribution is 0.0921. The Balaban J connectivity index is 2.21. The highest BCUT2D eigenvalue weighted by Gasteiger charge is 2.21. The monoisotopic (exact) mass is 355 g/mol. The number of aromatic nitrogens is 3. The fourth-order valence-electron chi connectivity index (χ4n) is 2.28. The summed E-state index contributed by atoms with van der Waals surface area (Å²) < 4.78 is 1.65. The van der Waals surface area contributed by atoms with Crippen LogP contribution in [0.3, 0.4) is 0 Å². The fourth-order valence-corrected chi connectivity index (χ4v) is 2.59. The van der Waals surface area contributed by atoms with Crippen molar-refractivity contribution in [1.82, 2.24) is 20.1 Å². The SMILES string of the molecule is CCC(NC(=O)c1nnc(N(C)C)n1C)c1ccc(Cl)c(Cl)c1. The van der Waals surface area contributed by atoms with Gasteiger partial charge in [-0.1, -0.05) is 36.2 Å². The average molecular weight is 356 g/mol. The molecule has 1 heterocycles. The van der Waals surface area contributed by atoms with E-state index in [1.54, 1.807) is 28.6 Å². The van der Waals surface area contributed by atoms with E-state index in [1.165, 1.54) is 0 Å². The number of rotatable bonds is 5. The Morgan fingerprint density at radius 1 is 1.30 bits per heavy atom. The molecule has 23 heavy (non-hydrogen) atoms. The van der Waals surface area contributed by atoms with E-state index in [-0.39, 0.29) is 17.8 Å². The first-order valence-corrected chi connectivity index (χ1v) is 7.93. The van der Waals surface area contributed by atoms with E-state index in [0.717, 1.165) is 5.56 Å². The van der Waals surface area contributed by atoms with Crippen LogP contribution in [0.1, 0.15) is 35.6 Å². The molecule has 0 saturated heterocycles. The Hall–Kier alpha value is -1.79. The van der Waals surface area contributed by atoms with E-state index in [0.29, 0.717) is 22.4 Å². The van der Waals surface area contributed by atoms with Crippen molar-refractivity contribution >= 4 is 35.1 Å². The largest absolute Gasteiger partial charge is 0.347 e. The topological polar surface area (TPSA) is 63.1 Å². The van der Waals surface area contributed by atoms with Crippen molar-refractivity contribution in [2.75, 3.05) is 19.0 Å². The zero-order valence-corrected chi connectivity index (χ0v) is 15.0. The van der Waals surface area contributed by atoms with Crippen molar-refractivity contribution in [2.24, 2.45) is 7.05 Å². The van der Waals surface area contributed by atoms with Crippen molar-refractivity contribution in [1.29, 1.82) is 0 Å². The molecule has 124 valence electrons. The minimum absolute atomic E-state index is 0.184. The Morgan fingerprint density at radius 3 is 2.52 bits per heavy atom. The van der Waals surface area contributed by atoms with E-state index in [1.807, 2.05) is 27.1 Å². The summed E-state index contributed by atoms with van der Waals surface area (Å²) >= 11 is 12.0. The molecule has 1 N–H and O–H groups in total. The molecule has 1 aromatic carbocycles. The molecule has 0 bridgehead atoms. The van der Waals surface area contributed by atoms with Crippen LogP contribution in [0.2, 0.25) is 10.0 Å². The average Bonchev–Trinajstić information content (AvgIpc) is 2.89. The van der Waals surface area contributed by atoms with Gasteiger partial charge in [-0.15, -0.1) is 10.2 Å². The summed E-state index contributed by atoms with van der Waals surface area (Å²) in [7, 11) is 5.44. The summed E-state index contributed by atoms with van der Waals surface area (Å²) in [5.74, 6) is 0.580. The number of carbonyl (C=O) groups excluding carboxylic acids is 1. The number of amides is 1. The summed E-state index contributed by atoms with van der Waals surface area (Å²) in [5, 5.41) is 11.9. The maximum Gasteiger partial charge on any atom is 0.289 e. The van der Waals surface area contributed by atoms with Crippen LogP contribution >= 0.6 is 23.2 Å². The van der Waals surface area contributed by atoms with Gasteiger partial charge in [0.2, 0.25) is 11.8 Å². The van der Waals surface area contributed by atoms with Crippen molar-refractivity contribution in [3.8, 4) is 0 Å². The van der Waals surface area contributed by atoms with E-state index < -0.39 is 0 Å². The second-order valence-corrected chi connectivity index (χ2v) is 6.20. The Morgan fingerprint density at radius 2 is 2.00 bits per heavy atom. The molecule has 0 aliphatic rings. The van der Waals surface area contributed by atoms with Crippen LogP contribution in [0, 0.1) is 0 Å². The first-order valence-electron chi connectivity index (χ1n) is 7.17. The summed E-state index contributed by atoms with van der Waals surface area (Å²) in [6, 6.07) is 5.16. The molecule has 2 rings (SSSR count). The fraction of sp³-hybridized carbons (Fsp3) is 0.400. The van der Waals surface area contributed by atoms with E-state index >= 15 is 0 Å². The number of carbonyl (C=O) groups is 1. The van der Waals surface area contributed by atoms with Gasteiger partial charge >= 0.3 is 0 Å². The highest BCUT2D eigenvalue weighted by molar-refractivity contribution is 6.42. The summed E-state index contributed by atoms with van der Waals surface area (Å²) in [5.41, 5.74) is 0.894. The Bertz CT molecular complexity index is 714. The summed E-state index contributed by atoms with van der Waals surface area (Å²) in [4.78, 5) is 14.3. The standard InChI is InChI=1S/C15H19Cl2N5O/c1-5-12(9-6-7-10(16)11(17)8-9)18-14(23)13-19-20-15(21(2)3)22(13)4/h6-8,12H,5H2,1-4H3,(H,18,23). The van der Waals surface area contributed by atoms with Gasteiger partial charge in [-0.05, 0) is 24.1 Å². The van der Waals surface area contributed by atoms with Crippen molar-refractivity contribution in [3.63, 3.8) is 0 Å². The molecule has 0 aliphatic heterocycles. The van der Waals surface area contributed by atoms with Crippen LogP contribution in [0.4, 0.5) is 5.95 Å². The zero-order valence-electron chi connectivity index (χ0n) is 13.5. The normalized spacial score (nSPS) is 12.1. The lowest BCUT2D eigenvalue weighted by Gasteiger charge is -2.18. The molecule has 0 fully saturated rings. The molecule has 0 aliphatic carbocycles. The van der Waals surface area contributed by atoms with Gasteiger partial charge in [-0.3, -0.25) is 9.36 Å². The molecule has 8 heteroatoms. The molecule has 1 aromatic heterocycles. The van der Waals surface area contributed by atoms with E-state index in [4.69, 9.17) is 23.2 Å². The third-order valence-corrected chi connectivity index (χ3v) is 4.25. The molecule has 0 saturated carbocycles. The Kier molecular flexibility index (Phi) is 5.49. The number of nitrogens with zero attached hydrogens (tertiary/aromatic N) is 4. The van der Waals surface area contributed by atoms with Crippen molar-refractivity contribution in [3.05, 3.63) is 39.6 Å². The highest BCUT2D eigenvalue weighted by atomic mass is 35.5. The molecule has 1 atom stereocenters. The lowest BCUT2D eigenvalue weighted by Crippen LogP contribution is -2.30. The van der Waals surface area contributed by atoms with Gasteiger partial charge in [0.25, 0.3) is 5.91 Å². The van der Waals surface area contributed by atoms with Gasteiger partial charge in [-0.25, -0.2) is 0 Å². The second kappa shape index (κ2) is 7.19. The number of nitrogens with one attached hydrogen (secondary N) is 1. The molecular weight excluding hydrogens is 337 g/mol. The predicted molar refractivity (Wildman–Crippen MR) is 92.3 cm³/mol. The number of hydrogen-bond donors (Lipinski definition) is 1. The minimum Gasteiger partial charge on any atom is -0.347 e.